The molecule has 46 valence electrons. The molecule has 2 N–H and O–H groups in total. The second-order valence-corrected chi connectivity index (χ2v) is 2.03. The highest BCUT2D eigenvalue weighted by atomic mass is 16.5. The molecule has 0 unspecified atom stereocenters. The molecule has 0 heterocycles. The average Bonchev–Trinajstić information content (AvgIpc) is 2.45. The molecule has 3 nitrogen and oxygen atoms in total. The molecule has 0 amide bonds. The van der Waals surface area contributed by atoms with Gasteiger partial charge in [0.15, 0.2) is 0 Å². The van der Waals surface area contributed by atoms with Crippen LogP contribution in [0.2, 0.25) is 0 Å². The molecular formula is C5H9NO2. The minimum atomic E-state index is -0.169. The summed E-state index contributed by atoms with van der Waals surface area (Å²) in [6, 6.07) is 0.0717. The number of methoxy groups -OCH3 is 1. The van der Waals surface area contributed by atoms with E-state index in [-0.39, 0.29) is 17.9 Å². The second kappa shape index (κ2) is 1.74. The molecule has 0 aromatic heterocycles. The molecule has 0 aromatic carbocycles. The fraction of sp³-hybridized carbons (Fsp3) is 0.800. The van der Waals surface area contributed by atoms with E-state index in [1.165, 1.54) is 7.11 Å². The first-order chi connectivity index (χ1) is 3.75. The summed E-state index contributed by atoms with van der Waals surface area (Å²) in [5.74, 6) is -0.169. The predicted molar refractivity (Wildman–Crippen MR) is 28.1 cm³/mol. The Morgan fingerprint density at radius 2 is 2.38 bits per heavy atom. The van der Waals surface area contributed by atoms with Gasteiger partial charge in [-0.2, -0.15) is 0 Å². The fourth-order valence-electron chi connectivity index (χ4n) is 0.637. The Kier molecular flexibility index (Phi) is 1.21. The van der Waals surface area contributed by atoms with E-state index >= 15 is 0 Å². The van der Waals surface area contributed by atoms with Crippen molar-refractivity contribution in [2.75, 3.05) is 7.11 Å². The van der Waals surface area contributed by atoms with Crippen LogP contribution < -0.4 is 5.73 Å². The topological polar surface area (TPSA) is 52.3 Å². The van der Waals surface area contributed by atoms with E-state index in [1.54, 1.807) is 0 Å². The van der Waals surface area contributed by atoms with Gasteiger partial charge in [0.25, 0.3) is 0 Å². The first-order valence-electron chi connectivity index (χ1n) is 2.59. The van der Waals surface area contributed by atoms with E-state index in [2.05, 4.69) is 4.74 Å². The zero-order valence-corrected chi connectivity index (χ0v) is 4.76. The fourth-order valence-corrected chi connectivity index (χ4v) is 0.637. The molecule has 1 aliphatic carbocycles. The van der Waals surface area contributed by atoms with Gasteiger partial charge < -0.3 is 10.5 Å². The summed E-state index contributed by atoms with van der Waals surface area (Å²) in [5.41, 5.74) is 5.34. The summed E-state index contributed by atoms with van der Waals surface area (Å²) in [6.45, 7) is 0. The third-order valence-electron chi connectivity index (χ3n) is 1.34. The van der Waals surface area contributed by atoms with Crippen molar-refractivity contribution in [3.8, 4) is 0 Å². The molecule has 0 radical (unpaired) electrons. The van der Waals surface area contributed by atoms with Crippen LogP contribution in [0.1, 0.15) is 6.42 Å². The molecule has 1 rings (SSSR count). The summed E-state index contributed by atoms with van der Waals surface area (Å²) < 4.78 is 4.43. The van der Waals surface area contributed by atoms with Crippen LogP contribution in [-0.4, -0.2) is 19.1 Å². The molecule has 8 heavy (non-hydrogen) atoms. The molecule has 0 saturated heterocycles. The maximum atomic E-state index is 10.5. The van der Waals surface area contributed by atoms with Gasteiger partial charge in [-0.3, -0.25) is 4.79 Å². The van der Waals surface area contributed by atoms with E-state index in [9.17, 15) is 4.79 Å². The first kappa shape index (κ1) is 5.56. The van der Waals surface area contributed by atoms with Gasteiger partial charge in [-0.05, 0) is 6.42 Å². The highest BCUT2D eigenvalue weighted by molar-refractivity contribution is 5.76. The Morgan fingerprint density at radius 3 is 2.50 bits per heavy atom. The molecule has 1 fully saturated rings. The van der Waals surface area contributed by atoms with E-state index < -0.39 is 0 Å². The minimum absolute atomic E-state index is 0.000000000000000222. The molecule has 0 aliphatic heterocycles. The Bertz CT molecular complexity index is 113. The lowest BCUT2D eigenvalue weighted by molar-refractivity contribution is -0.142. The monoisotopic (exact) mass is 115 g/mol. The van der Waals surface area contributed by atoms with Crippen molar-refractivity contribution in [1.82, 2.24) is 0 Å². The number of carbonyl (C=O) groups excluding carboxylic acids is 1. The van der Waals surface area contributed by atoms with Crippen LogP contribution in [-0.2, 0) is 9.53 Å². The highest BCUT2D eigenvalue weighted by Crippen LogP contribution is 2.28. The van der Waals surface area contributed by atoms with Crippen molar-refractivity contribution >= 4 is 5.97 Å². The molecular weight excluding hydrogens is 106 g/mol. The number of nitrogens with two attached hydrogens (primary N) is 1. The SMILES string of the molecule is COC(=O)[C@H]1C[C@H]1N. The van der Waals surface area contributed by atoms with Crippen LogP contribution >= 0.6 is 0 Å². The van der Waals surface area contributed by atoms with Crippen LogP contribution in [0, 0.1) is 5.92 Å². The third-order valence-corrected chi connectivity index (χ3v) is 1.34. The minimum Gasteiger partial charge on any atom is -0.469 e. The van der Waals surface area contributed by atoms with E-state index in [1.807, 2.05) is 0 Å². The van der Waals surface area contributed by atoms with Crippen LogP contribution in [0.15, 0.2) is 0 Å². The van der Waals surface area contributed by atoms with Crippen molar-refractivity contribution in [1.29, 1.82) is 0 Å². The predicted octanol–water partition coefficient (Wildman–Crippen LogP) is -0.493. The lowest BCUT2D eigenvalue weighted by atomic mass is 10.4. The number of hydrogen-bond donors (Lipinski definition) is 1. The second-order valence-electron chi connectivity index (χ2n) is 2.03. The smallest absolute Gasteiger partial charge is 0.310 e. The van der Waals surface area contributed by atoms with Crippen molar-refractivity contribution in [2.45, 2.75) is 12.5 Å². The standard InChI is InChI=1S/C5H9NO2/c1-8-5(7)3-2-4(3)6/h3-4H,2,6H2,1H3/t3-,4+/m0/s1. The van der Waals surface area contributed by atoms with Crippen LogP contribution in [0.5, 0.6) is 0 Å². The largest absolute Gasteiger partial charge is 0.469 e. The Balaban J connectivity index is 2.28. The molecule has 1 saturated carbocycles. The van der Waals surface area contributed by atoms with Gasteiger partial charge in [0, 0.05) is 6.04 Å². The lowest BCUT2D eigenvalue weighted by Crippen LogP contribution is -2.11. The molecule has 1 aliphatic rings. The molecule has 0 spiro atoms. The van der Waals surface area contributed by atoms with Crippen LogP contribution in [0.4, 0.5) is 0 Å². The lowest BCUT2D eigenvalue weighted by Gasteiger charge is -1.91. The quantitative estimate of drug-likeness (QED) is 0.469. The van der Waals surface area contributed by atoms with Crippen LogP contribution in [0.25, 0.3) is 0 Å². The Labute approximate surface area is 47.8 Å². The van der Waals surface area contributed by atoms with Gasteiger partial charge >= 0.3 is 5.97 Å². The number of hydrogen-bond acceptors (Lipinski definition) is 3. The third kappa shape index (κ3) is 0.816. The van der Waals surface area contributed by atoms with Gasteiger partial charge in [0.2, 0.25) is 0 Å². The number of esters is 1. The van der Waals surface area contributed by atoms with Crippen molar-refractivity contribution in [2.24, 2.45) is 11.7 Å². The number of ether oxygens (including phenoxy) is 1. The summed E-state index contributed by atoms with van der Waals surface area (Å²) in [7, 11) is 1.38. The van der Waals surface area contributed by atoms with Crippen LogP contribution in [0.3, 0.4) is 0 Å². The van der Waals surface area contributed by atoms with E-state index in [0.717, 1.165) is 6.42 Å². The first-order valence-corrected chi connectivity index (χ1v) is 2.59. The molecule has 2 atom stereocenters. The normalized spacial score (nSPS) is 34.2. The zero-order chi connectivity index (χ0) is 6.15. The maximum Gasteiger partial charge on any atom is 0.310 e. The van der Waals surface area contributed by atoms with Crippen molar-refractivity contribution in [3.05, 3.63) is 0 Å². The summed E-state index contributed by atoms with van der Waals surface area (Å²) >= 11 is 0. The zero-order valence-electron chi connectivity index (χ0n) is 4.76. The summed E-state index contributed by atoms with van der Waals surface area (Å²) in [6.07, 6.45) is 0.798. The van der Waals surface area contributed by atoms with E-state index in [0.29, 0.717) is 0 Å². The van der Waals surface area contributed by atoms with Gasteiger partial charge in [0.1, 0.15) is 0 Å². The van der Waals surface area contributed by atoms with Gasteiger partial charge in [-0.1, -0.05) is 0 Å². The van der Waals surface area contributed by atoms with Crippen molar-refractivity contribution < 1.29 is 9.53 Å². The Hall–Kier alpha value is -0.570. The maximum absolute atomic E-state index is 10.5. The van der Waals surface area contributed by atoms with Gasteiger partial charge in [-0.25, -0.2) is 0 Å². The van der Waals surface area contributed by atoms with Crippen molar-refractivity contribution in [3.63, 3.8) is 0 Å². The molecule has 3 heteroatoms. The number of carbonyl (C=O) groups is 1. The number of rotatable bonds is 1. The summed E-state index contributed by atoms with van der Waals surface area (Å²) in [5, 5.41) is 0. The van der Waals surface area contributed by atoms with Gasteiger partial charge in [0.05, 0.1) is 13.0 Å². The summed E-state index contributed by atoms with van der Waals surface area (Å²) in [4.78, 5) is 10.5. The highest BCUT2D eigenvalue weighted by Gasteiger charge is 2.40. The molecule has 0 aromatic rings. The average molecular weight is 115 g/mol. The van der Waals surface area contributed by atoms with E-state index in [4.69, 9.17) is 5.73 Å². The van der Waals surface area contributed by atoms with Gasteiger partial charge in [-0.15, -0.1) is 0 Å². The Morgan fingerprint density at radius 1 is 1.88 bits per heavy atom. The molecule has 0 bridgehead atoms.